The van der Waals surface area contributed by atoms with Gasteiger partial charge in [0.25, 0.3) is 0 Å². The van der Waals surface area contributed by atoms with Crippen LogP contribution in [0.1, 0.15) is 0 Å². The molecule has 15 heavy (non-hydrogen) atoms. The molecule has 0 bridgehead atoms. The van der Waals surface area contributed by atoms with Crippen molar-refractivity contribution in [3.63, 3.8) is 0 Å². The number of hydrogen-bond donors (Lipinski definition) is 1. The minimum atomic E-state index is -0.907. The van der Waals surface area contributed by atoms with E-state index >= 15 is 0 Å². The minimum Gasteiger partial charge on any atom is -0.497 e. The number of rotatable bonds is 3. The van der Waals surface area contributed by atoms with Gasteiger partial charge in [-0.3, -0.25) is 9.48 Å². The number of aromatic nitrogens is 2. The van der Waals surface area contributed by atoms with Crippen LogP contribution in [0.5, 0.6) is 5.75 Å². The molecule has 1 heterocycles. The Morgan fingerprint density at radius 2 is 2.40 bits per heavy atom. The number of aliphatic carboxylic acids is 1. The van der Waals surface area contributed by atoms with Crippen molar-refractivity contribution >= 4 is 16.9 Å². The van der Waals surface area contributed by atoms with Crippen molar-refractivity contribution in [3.05, 3.63) is 24.4 Å². The first-order valence-corrected chi connectivity index (χ1v) is 4.42. The van der Waals surface area contributed by atoms with E-state index < -0.39 is 5.97 Å². The third-order valence-electron chi connectivity index (χ3n) is 2.13. The van der Waals surface area contributed by atoms with E-state index in [0.29, 0.717) is 0 Å². The summed E-state index contributed by atoms with van der Waals surface area (Å²) in [5.41, 5.74) is 0.790. The van der Waals surface area contributed by atoms with Gasteiger partial charge in [0.2, 0.25) is 0 Å². The molecule has 5 heteroatoms. The highest BCUT2D eigenvalue weighted by atomic mass is 16.5. The lowest BCUT2D eigenvalue weighted by molar-refractivity contribution is -0.137. The maximum atomic E-state index is 10.5. The maximum Gasteiger partial charge on any atom is 0.325 e. The molecule has 0 amide bonds. The first-order chi connectivity index (χ1) is 7.20. The van der Waals surface area contributed by atoms with Gasteiger partial charge in [0.15, 0.2) is 0 Å². The van der Waals surface area contributed by atoms with Gasteiger partial charge in [-0.2, -0.15) is 5.10 Å². The maximum absolute atomic E-state index is 10.5. The fraction of sp³-hybridized carbons (Fsp3) is 0.200. The lowest BCUT2D eigenvalue weighted by atomic mass is 10.2. The zero-order chi connectivity index (χ0) is 10.8. The summed E-state index contributed by atoms with van der Waals surface area (Å²) >= 11 is 0. The molecule has 0 unspecified atom stereocenters. The normalized spacial score (nSPS) is 10.5. The largest absolute Gasteiger partial charge is 0.497 e. The number of nitrogens with zero attached hydrogens (tertiary/aromatic N) is 2. The molecular formula is C10H10N2O3. The van der Waals surface area contributed by atoms with Crippen LogP contribution in [0.25, 0.3) is 10.9 Å². The predicted octanol–water partition coefficient (Wildman–Crippen LogP) is 1.13. The number of benzene rings is 1. The van der Waals surface area contributed by atoms with E-state index in [1.165, 1.54) is 4.68 Å². The molecule has 0 aliphatic carbocycles. The van der Waals surface area contributed by atoms with Crippen molar-refractivity contribution in [2.24, 2.45) is 0 Å². The molecule has 2 aromatic rings. The molecule has 78 valence electrons. The van der Waals surface area contributed by atoms with Crippen LogP contribution < -0.4 is 4.74 Å². The number of hydrogen-bond acceptors (Lipinski definition) is 3. The Kier molecular flexibility index (Phi) is 2.29. The zero-order valence-corrected chi connectivity index (χ0v) is 8.17. The summed E-state index contributed by atoms with van der Waals surface area (Å²) in [4.78, 5) is 10.5. The fourth-order valence-corrected chi connectivity index (χ4v) is 1.45. The molecule has 1 N–H and O–H groups in total. The van der Waals surface area contributed by atoms with Crippen LogP contribution in [0.3, 0.4) is 0 Å². The molecule has 1 aromatic carbocycles. The Morgan fingerprint density at radius 3 is 3.07 bits per heavy atom. The van der Waals surface area contributed by atoms with Crippen molar-refractivity contribution in [1.29, 1.82) is 0 Å². The first-order valence-electron chi connectivity index (χ1n) is 4.42. The number of methoxy groups -OCH3 is 1. The molecule has 2 rings (SSSR count). The molecule has 0 atom stereocenters. The van der Waals surface area contributed by atoms with Gasteiger partial charge in [-0.25, -0.2) is 0 Å². The van der Waals surface area contributed by atoms with Crippen LogP contribution in [-0.4, -0.2) is 28.0 Å². The van der Waals surface area contributed by atoms with Gasteiger partial charge in [-0.1, -0.05) is 0 Å². The van der Waals surface area contributed by atoms with Crippen LogP contribution in [0.15, 0.2) is 24.4 Å². The SMILES string of the molecule is COc1ccc2c(cnn2CC(=O)O)c1. The van der Waals surface area contributed by atoms with E-state index in [1.807, 2.05) is 6.07 Å². The van der Waals surface area contributed by atoms with E-state index in [0.717, 1.165) is 16.7 Å². The highest BCUT2D eigenvalue weighted by molar-refractivity contribution is 5.81. The number of fused-ring (bicyclic) bond motifs is 1. The van der Waals surface area contributed by atoms with E-state index in [-0.39, 0.29) is 6.54 Å². The van der Waals surface area contributed by atoms with Crippen LogP contribution in [-0.2, 0) is 11.3 Å². The van der Waals surface area contributed by atoms with Crippen molar-refractivity contribution in [2.75, 3.05) is 7.11 Å². The molecular weight excluding hydrogens is 196 g/mol. The second kappa shape index (κ2) is 3.61. The quantitative estimate of drug-likeness (QED) is 0.817. The van der Waals surface area contributed by atoms with E-state index in [4.69, 9.17) is 9.84 Å². The van der Waals surface area contributed by atoms with Crippen molar-refractivity contribution < 1.29 is 14.6 Å². The Labute approximate surface area is 85.9 Å². The first kappa shape index (κ1) is 9.51. The van der Waals surface area contributed by atoms with Gasteiger partial charge >= 0.3 is 5.97 Å². The summed E-state index contributed by atoms with van der Waals surface area (Å²) in [6, 6.07) is 5.40. The molecule has 0 aliphatic heterocycles. The van der Waals surface area contributed by atoms with Crippen molar-refractivity contribution in [2.45, 2.75) is 6.54 Å². The number of carboxylic acids is 1. The average Bonchev–Trinajstić information content (AvgIpc) is 2.60. The zero-order valence-electron chi connectivity index (χ0n) is 8.17. The van der Waals surface area contributed by atoms with Crippen LogP contribution in [0.4, 0.5) is 0 Å². The second-order valence-electron chi connectivity index (χ2n) is 3.12. The van der Waals surface area contributed by atoms with E-state index in [1.54, 1.807) is 25.4 Å². The van der Waals surface area contributed by atoms with Gasteiger partial charge in [0.05, 0.1) is 18.8 Å². The topological polar surface area (TPSA) is 64.4 Å². The molecule has 0 radical (unpaired) electrons. The number of ether oxygens (including phenoxy) is 1. The van der Waals surface area contributed by atoms with Crippen LogP contribution in [0, 0.1) is 0 Å². The third-order valence-corrected chi connectivity index (χ3v) is 2.13. The van der Waals surface area contributed by atoms with Gasteiger partial charge in [-0.05, 0) is 18.2 Å². The van der Waals surface area contributed by atoms with Gasteiger partial charge in [0.1, 0.15) is 12.3 Å². The summed E-state index contributed by atoms with van der Waals surface area (Å²) in [6.45, 7) is -0.129. The van der Waals surface area contributed by atoms with Gasteiger partial charge in [0, 0.05) is 5.39 Å². The molecule has 0 saturated heterocycles. The molecule has 0 spiro atoms. The van der Waals surface area contributed by atoms with Crippen molar-refractivity contribution in [3.8, 4) is 5.75 Å². The molecule has 0 fully saturated rings. The van der Waals surface area contributed by atoms with Crippen molar-refractivity contribution in [1.82, 2.24) is 9.78 Å². The van der Waals surface area contributed by atoms with Gasteiger partial charge < -0.3 is 9.84 Å². The molecule has 0 saturated carbocycles. The van der Waals surface area contributed by atoms with E-state index in [9.17, 15) is 4.79 Å². The average molecular weight is 206 g/mol. The molecule has 0 aliphatic rings. The highest BCUT2D eigenvalue weighted by Gasteiger charge is 2.06. The monoisotopic (exact) mass is 206 g/mol. The summed E-state index contributed by atoms with van der Waals surface area (Å²) in [5.74, 6) is -0.173. The summed E-state index contributed by atoms with van der Waals surface area (Å²) in [5, 5.41) is 13.5. The van der Waals surface area contributed by atoms with Crippen LogP contribution >= 0.6 is 0 Å². The second-order valence-corrected chi connectivity index (χ2v) is 3.12. The predicted molar refractivity (Wildman–Crippen MR) is 53.9 cm³/mol. The standard InChI is InChI=1S/C10H10N2O3/c1-15-8-2-3-9-7(4-8)5-11-12(9)6-10(13)14/h2-5H,6H2,1H3,(H,13,14). The number of carboxylic acid groups (broad SMARTS) is 1. The number of carbonyl (C=O) groups is 1. The van der Waals surface area contributed by atoms with Gasteiger partial charge in [-0.15, -0.1) is 0 Å². The smallest absolute Gasteiger partial charge is 0.325 e. The lowest BCUT2D eigenvalue weighted by Crippen LogP contribution is -2.09. The molecule has 1 aromatic heterocycles. The lowest BCUT2D eigenvalue weighted by Gasteiger charge is -2.01. The van der Waals surface area contributed by atoms with E-state index in [2.05, 4.69) is 5.10 Å². The Balaban J connectivity index is 2.47. The fourth-order valence-electron chi connectivity index (χ4n) is 1.45. The highest BCUT2D eigenvalue weighted by Crippen LogP contribution is 2.20. The Bertz CT molecular complexity index is 504. The molecule has 5 nitrogen and oxygen atoms in total. The summed E-state index contributed by atoms with van der Waals surface area (Å²) in [6.07, 6.45) is 1.63. The Hall–Kier alpha value is -2.04. The third kappa shape index (κ3) is 1.76. The summed E-state index contributed by atoms with van der Waals surface area (Å²) in [7, 11) is 1.59. The van der Waals surface area contributed by atoms with Crippen LogP contribution in [0.2, 0.25) is 0 Å². The Morgan fingerprint density at radius 1 is 1.60 bits per heavy atom. The minimum absolute atomic E-state index is 0.129. The summed E-state index contributed by atoms with van der Waals surface area (Å²) < 4.78 is 6.50.